The van der Waals surface area contributed by atoms with Crippen molar-refractivity contribution in [1.82, 2.24) is 15.0 Å². The van der Waals surface area contributed by atoms with Crippen LogP contribution in [0.25, 0.3) is 22.5 Å². The average molecular weight is 597 g/mol. The predicted octanol–water partition coefficient (Wildman–Crippen LogP) is 6.20. The Hall–Kier alpha value is -2.58. The first kappa shape index (κ1) is 32.8. The van der Waals surface area contributed by atoms with Crippen LogP contribution < -0.4 is 10.9 Å². The Morgan fingerprint density at radius 2 is 1.07 bits per heavy atom. The van der Waals surface area contributed by atoms with Gasteiger partial charge in [-0.05, 0) is 113 Å². The summed E-state index contributed by atoms with van der Waals surface area (Å²) in [6.45, 7) is 25.7. The van der Waals surface area contributed by atoms with E-state index >= 15 is 0 Å². The Morgan fingerprint density at radius 1 is 0.614 bits per heavy atom. The molecule has 1 aromatic heterocycles. The lowest BCUT2D eigenvalue weighted by Crippen LogP contribution is -2.41. The van der Waals surface area contributed by atoms with Crippen LogP contribution in [0.2, 0.25) is 0 Å². The molecule has 0 bridgehead atoms. The Balaban J connectivity index is 1.76. The number of nitrogens with zero attached hydrogens (tertiary/aromatic N) is 3. The van der Waals surface area contributed by atoms with E-state index in [2.05, 4.69) is 128 Å². The van der Waals surface area contributed by atoms with Crippen LogP contribution in [0.15, 0.2) is 43.0 Å². The van der Waals surface area contributed by atoms with Crippen LogP contribution in [0.1, 0.15) is 94.2 Å². The SMILES string of the molecule is CC(C)Cc1cc(CC(C)C)c(-c2ncncn2)c(-c2cc(B3OC(C)(C)C(C)(C)O3)cc(B3OC(C)(C)C(C)(C)O3)c2)c1. The third-order valence-electron chi connectivity index (χ3n) is 9.61. The molecule has 0 aliphatic carbocycles. The van der Waals surface area contributed by atoms with Crippen molar-refractivity contribution < 1.29 is 18.6 Å². The van der Waals surface area contributed by atoms with Crippen molar-refractivity contribution in [3.05, 3.63) is 54.1 Å². The van der Waals surface area contributed by atoms with Crippen molar-refractivity contribution in [3.63, 3.8) is 0 Å². The lowest BCUT2D eigenvalue weighted by atomic mass is 9.70. The zero-order valence-corrected chi connectivity index (χ0v) is 28.7. The molecule has 234 valence electrons. The highest BCUT2D eigenvalue weighted by Crippen LogP contribution is 2.40. The molecule has 5 rings (SSSR count). The summed E-state index contributed by atoms with van der Waals surface area (Å²) in [7, 11) is -1.09. The highest BCUT2D eigenvalue weighted by Gasteiger charge is 2.54. The van der Waals surface area contributed by atoms with Gasteiger partial charge in [0.1, 0.15) is 12.7 Å². The lowest BCUT2D eigenvalue weighted by molar-refractivity contribution is 0.00578. The van der Waals surface area contributed by atoms with Crippen LogP contribution in [-0.2, 0) is 31.5 Å². The van der Waals surface area contributed by atoms with Gasteiger partial charge in [0.2, 0.25) is 0 Å². The quantitative estimate of drug-likeness (QED) is 0.286. The fraction of sp³-hybridized carbons (Fsp3) is 0.571. The molecule has 0 N–H and O–H groups in total. The van der Waals surface area contributed by atoms with Gasteiger partial charge in [0, 0.05) is 5.56 Å². The van der Waals surface area contributed by atoms with Crippen LogP contribution in [0.5, 0.6) is 0 Å². The molecule has 2 fully saturated rings. The minimum absolute atomic E-state index is 0.453. The van der Waals surface area contributed by atoms with E-state index < -0.39 is 36.6 Å². The van der Waals surface area contributed by atoms with Gasteiger partial charge in [-0.25, -0.2) is 15.0 Å². The zero-order valence-electron chi connectivity index (χ0n) is 28.7. The molecule has 3 aromatic rings. The number of aromatic nitrogens is 3. The molecule has 0 unspecified atom stereocenters. The molecule has 0 radical (unpaired) electrons. The van der Waals surface area contributed by atoms with E-state index in [0.29, 0.717) is 17.7 Å². The maximum absolute atomic E-state index is 6.57. The Kier molecular flexibility index (Phi) is 8.69. The van der Waals surface area contributed by atoms with Gasteiger partial charge in [-0.2, -0.15) is 0 Å². The molecule has 9 heteroatoms. The van der Waals surface area contributed by atoms with Crippen molar-refractivity contribution in [2.45, 2.75) is 118 Å². The van der Waals surface area contributed by atoms with E-state index in [1.807, 2.05) is 0 Å². The first-order valence-electron chi connectivity index (χ1n) is 16.0. The van der Waals surface area contributed by atoms with E-state index in [-0.39, 0.29) is 0 Å². The standard InChI is InChI=1S/C35H49B2N3O4/c1-22(2)13-24-15-26(14-23(3)4)30(31-39-20-38-21-40-31)29(16-24)25-17-27(36-41-32(5,6)33(7,8)42-36)19-28(18-25)37-43-34(9,10)35(11,12)44-37/h15-23H,13-14H2,1-12H3. The fourth-order valence-corrected chi connectivity index (χ4v) is 5.88. The summed E-state index contributed by atoms with van der Waals surface area (Å²) in [4.78, 5) is 13.4. The maximum Gasteiger partial charge on any atom is 0.494 e. The molecule has 7 nitrogen and oxygen atoms in total. The Labute approximate surface area is 265 Å². The maximum atomic E-state index is 6.57. The highest BCUT2D eigenvalue weighted by atomic mass is 16.7. The average Bonchev–Trinajstić information content (AvgIpc) is 3.27. The molecule has 0 atom stereocenters. The second kappa shape index (κ2) is 11.7. The van der Waals surface area contributed by atoms with Gasteiger partial charge in [0.05, 0.1) is 22.4 Å². The van der Waals surface area contributed by atoms with Crippen molar-refractivity contribution in [3.8, 4) is 22.5 Å². The molecule has 0 saturated carbocycles. The first-order valence-corrected chi connectivity index (χ1v) is 16.0. The van der Waals surface area contributed by atoms with E-state index in [1.54, 1.807) is 12.7 Å². The normalized spacial score (nSPS) is 20.2. The van der Waals surface area contributed by atoms with Crippen LogP contribution in [0, 0.1) is 11.8 Å². The summed E-state index contributed by atoms with van der Waals surface area (Å²) < 4.78 is 26.3. The van der Waals surface area contributed by atoms with Crippen LogP contribution in [0.3, 0.4) is 0 Å². The van der Waals surface area contributed by atoms with E-state index in [4.69, 9.17) is 18.6 Å². The summed E-state index contributed by atoms with van der Waals surface area (Å²) >= 11 is 0. The molecule has 2 saturated heterocycles. The molecule has 2 aliphatic rings. The second-order valence-electron chi connectivity index (χ2n) is 15.4. The van der Waals surface area contributed by atoms with Crippen molar-refractivity contribution in [2.75, 3.05) is 0 Å². The van der Waals surface area contributed by atoms with Crippen LogP contribution in [0.4, 0.5) is 0 Å². The van der Waals surface area contributed by atoms with E-state index in [0.717, 1.165) is 40.5 Å². The highest BCUT2D eigenvalue weighted by molar-refractivity contribution is 6.66. The largest absolute Gasteiger partial charge is 0.494 e. The van der Waals surface area contributed by atoms with Gasteiger partial charge >= 0.3 is 14.2 Å². The molecule has 2 aromatic carbocycles. The molecule has 0 spiro atoms. The Bertz CT molecular complexity index is 1420. The summed E-state index contributed by atoms with van der Waals surface area (Å²) in [6.07, 6.45) is 5.02. The van der Waals surface area contributed by atoms with Crippen molar-refractivity contribution >= 4 is 25.2 Å². The molecular weight excluding hydrogens is 548 g/mol. The molecule has 0 amide bonds. The smallest absolute Gasteiger partial charge is 0.399 e. The number of hydrogen-bond donors (Lipinski definition) is 0. The second-order valence-corrected chi connectivity index (χ2v) is 15.4. The van der Waals surface area contributed by atoms with Crippen molar-refractivity contribution in [2.24, 2.45) is 11.8 Å². The minimum atomic E-state index is -0.546. The Morgan fingerprint density at radius 3 is 1.50 bits per heavy atom. The summed E-state index contributed by atoms with van der Waals surface area (Å²) in [5.74, 6) is 1.63. The van der Waals surface area contributed by atoms with Gasteiger partial charge in [-0.3, -0.25) is 0 Å². The molecule has 2 aliphatic heterocycles. The van der Waals surface area contributed by atoms with Crippen LogP contribution in [-0.4, -0.2) is 51.6 Å². The topological polar surface area (TPSA) is 75.6 Å². The summed E-state index contributed by atoms with van der Waals surface area (Å²) in [5.41, 5.74) is 5.59. The zero-order chi connectivity index (χ0) is 32.2. The summed E-state index contributed by atoms with van der Waals surface area (Å²) in [5, 5.41) is 0. The van der Waals surface area contributed by atoms with E-state index in [9.17, 15) is 0 Å². The minimum Gasteiger partial charge on any atom is -0.399 e. The summed E-state index contributed by atoms with van der Waals surface area (Å²) in [6, 6.07) is 11.1. The molecular formula is C35H49B2N3O4. The lowest BCUT2D eigenvalue weighted by Gasteiger charge is -2.32. The first-order chi connectivity index (χ1) is 20.4. The predicted molar refractivity (Wildman–Crippen MR) is 179 cm³/mol. The van der Waals surface area contributed by atoms with Gasteiger partial charge < -0.3 is 18.6 Å². The van der Waals surface area contributed by atoms with Gasteiger partial charge in [0.15, 0.2) is 5.82 Å². The number of hydrogen-bond acceptors (Lipinski definition) is 7. The molecule has 3 heterocycles. The number of rotatable bonds is 8. The van der Waals surface area contributed by atoms with Crippen LogP contribution >= 0.6 is 0 Å². The van der Waals surface area contributed by atoms with E-state index in [1.165, 1.54) is 11.1 Å². The molecule has 44 heavy (non-hydrogen) atoms. The number of benzene rings is 2. The fourth-order valence-electron chi connectivity index (χ4n) is 5.88. The third-order valence-corrected chi connectivity index (χ3v) is 9.61. The van der Waals surface area contributed by atoms with Gasteiger partial charge in [-0.15, -0.1) is 0 Å². The van der Waals surface area contributed by atoms with Crippen molar-refractivity contribution in [1.29, 1.82) is 0 Å². The van der Waals surface area contributed by atoms with Gasteiger partial charge in [0.25, 0.3) is 0 Å². The third kappa shape index (κ3) is 6.39. The van der Waals surface area contributed by atoms with Gasteiger partial charge in [-0.1, -0.05) is 58.0 Å². The monoisotopic (exact) mass is 597 g/mol.